The molecule has 2 aliphatic heterocycles. The molecule has 186 valence electrons. The molecule has 0 atom stereocenters. The van der Waals surface area contributed by atoms with Crippen molar-refractivity contribution in [3.63, 3.8) is 0 Å². The normalized spacial score (nSPS) is 16.2. The quantitative estimate of drug-likeness (QED) is 0.550. The van der Waals surface area contributed by atoms with Crippen molar-refractivity contribution in [2.24, 2.45) is 0 Å². The Balaban J connectivity index is 1.29. The van der Waals surface area contributed by atoms with Crippen LogP contribution >= 0.6 is 0 Å². The first-order chi connectivity index (χ1) is 17.4. The fraction of sp³-hybridized carbons (Fsp3) is 0.231. The number of hydrogen-bond donors (Lipinski definition) is 1. The Morgan fingerprint density at radius 2 is 1.67 bits per heavy atom. The second kappa shape index (κ2) is 10.1. The number of carbonyl (C=O) groups is 2. The number of nitrogens with zero attached hydrogens (tertiary/aromatic N) is 2. The van der Waals surface area contributed by atoms with Gasteiger partial charge in [0.1, 0.15) is 5.75 Å². The first-order valence-corrected chi connectivity index (χ1v) is 13.0. The number of nitrogens with one attached hydrogen (secondary N) is 1. The lowest BCUT2D eigenvalue weighted by atomic mass is 10.1. The van der Waals surface area contributed by atoms with E-state index >= 15 is 0 Å². The van der Waals surface area contributed by atoms with Crippen molar-refractivity contribution in [2.75, 3.05) is 43.1 Å². The largest absolute Gasteiger partial charge is 0.481 e. The van der Waals surface area contributed by atoms with Crippen molar-refractivity contribution in [3.8, 4) is 5.75 Å². The van der Waals surface area contributed by atoms with E-state index in [0.717, 1.165) is 5.56 Å². The molecule has 3 aromatic carbocycles. The topological polar surface area (TPSA) is 105 Å². The van der Waals surface area contributed by atoms with Gasteiger partial charge in [0.05, 0.1) is 30.3 Å². The highest BCUT2D eigenvalue weighted by molar-refractivity contribution is 7.89. The summed E-state index contributed by atoms with van der Waals surface area (Å²) in [7, 11) is -3.63. The predicted molar refractivity (Wildman–Crippen MR) is 134 cm³/mol. The van der Waals surface area contributed by atoms with Gasteiger partial charge in [-0.1, -0.05) is 30.3 Å². The van der Waals surface area contributed by atoms with Crippen LogP contribution in [0.1, 0.15) is 15.9 Å². The molecule has 1 saturated heterocycles. The summed E-state index contributed by atoms with van der Waals surface area (Å²) in [6.07, 6.45) is 0. The van der Waals surface area contributed by atoms with Crippen LogP contribution in [0.15, 0.2) is 77.7 Å². The molecule has 0 spiro atoms. The van der Waals surface area contributed by atoms with Gasteiger partial charge in [-0.3, -0.25) is 9.59 Å². The molecule has 0 radical (unpaired) electrons. The van der Waals surface area contributed by atoms with E-state index in [4.69, 9.17) is 9.47 Å². The Morgan fingerprint density at radius 3 is 2.39 bits per heavy atom. The number of amides is 2. The zero-order valence-electron chi connectivity index (χ0n) is 19.4. The molecule has 1 N–H and O–H groups in total. The zero-order valence-corrected chi connectivity index (χ0v) is 20.2. The Morgan fingerprint density at radius 1 is 0.944 bits per heavy atom. The van der Waals surface area contributed by atoms with Crippen molar-refractivity contribution in [3.05, 3.63) is 83.9 Å². The van der Waals surface area contributed by atoms with Crippen LogP contribution in [0.5, 0.6) is 5.75 Å². The summed E-state index contributed by atoms with van der Waals surface area (Å²) in [6, 6.07) is 20.6. The Bertz CT molecular complexity index is 1370. The van der Waals surface area contributed by atoms with Crippen LogP contribution in [0, 0.1) is 0 Å². The second-order valence-electron chi connectivity index (χ2n) is 8.43. The van der Waals surface area contributed by atoms with Gasteiger partial charge >= 0.3 is 0 Å². The molecule has 0 unspecified atom stereocenters. The van der Waals surface area contributed by atoms with Crippen LogP contribution in [-0.4, -0.2) is 57.4 Å². The van der Waals surface area contributed by atoms with Crippen LogP contribution < -0.4 is 15.0 Å². The average Bonchev–Trinajstić information content (AvgIpc) is 2.91. The van der Waals surface area contributed by atoms with Gasteiger partial charge in [0.15, 0.2) is 6.61 Å². The van der Waals surface area contributed by atoms with Gasteiger partial charge < -0.3 is 19.7 Å². The van der Waals surface area contributed by atoms with E-state index < -0.39 is 15.9 Å². The number of benzene rings is 3. The number of carbonyl (C=O) groups excluding carboxylic acids is 2. The van der Waals surface area contributed by atoms with E-state index in [1.54, 1.807) is 23.1 Å². The van der Waals surface area contributed by atoms with Crippen LogP contribution in [0.4, 0.5) is 11.4 Å². The monoisotopic (exact) mass is 507 g/mol. The third kappa shape index (κ3) is 4.97. The number of anilines is 2. The summed E-state index contributed by atoms with van der Waals surface area (Å²) in [5.41, 5.74) is 2.44. The third-order valence-electron chi connectivity index (χ3n) is 6.07. The molecule has 36 heavy (non-hydrogen) atoms. The molecular weight excluding hydrogens is 482 g/mol. The smallest absolute Gasteiger partial charge is 0.265 e. The molecule has 5 rings (SSSR count). The predicted octanol–water partition coefficient (Wildman–Crippen LogP) is 2.89. The van der Waals surface area contributed by atoms with Gasteiger partial charge in [0.2, 0.25) is 10.0 Å². The van der Waals surface area contributed by atoms with Gasteiger partial charge in [-0.2, -0.15) is 4.31 Å². The second-order valence-corrected chi connectivity index (χ2v) is 10.4. The molecule has 0 aromatic heterocycles. The molecule has 9 nitrogen and oxygen atoms in total. The van der Waals surface area contributed by atoms with Crippen LogP contribution in [0.25, 0.3) is 0 Å². The highest BCUT2D eigenvalue weighted by Gasteiger charge is 2.27. The lowest BCUT2D eigenvalue weighted by molar-refractivity contribution is -0.121. The molecule has 2 aliphatic rings. The number of hydrogen-bond acceptors (Lipinski definition) is 6. The highest BCUT2D eigenvalue weighted by atomic mass is 32.2. The molecule has 3 aromatic rings. The van der Waals surface area contributed by atoms with E-state index in [9.17, 15) is 18.0 Å². The van der Waals surface area contributed by atoms with Crippen molar-refractivity contribution in [1.82, 2.24) is 4.31 Å². The van der Waals surface area contributed by atoms with Crippen LogP contribution in [-0.2, 0) is 26.1 Å². The minimum atomic E-state index is -3.63. The van der Waals surface area contributed by atoms with Crippen molar-refractivity contribution in [2.45, 2.75) is 11.4 Å². The summed E-state index contributed by atoms with van der Waals surface area (Å²) in [6.45, 7) is 1.67. The molecule has 2 amide bonds. The van der Waals surface area contributed by atoms with Gasteiger partial charge in [-0.25, -0.2) is 8.42 Å². The molecular formula is C26H25N3O6S. The molecule has 10 heteroatoms. The maximum atomic E-state index is 12.8. The number of morpholine rings is 1. The Hall–Kier alpha value is -3.73. The molecule has 0 saturated carbocycles. The Kier molecular flexibility index (Phi) is 6.73. The van der Waals surface area contributed by atoms with Gasteiger partial charge in [-0.15, -0.1) is 0 Å². The lowest BCUT2D eigenvalue weighted by Crippen LogP contribution is -2.40. The SMILES string of the molecule is O=C(Nc1ccc2c(c1)OCC(=O)N2Cc1ccccc1)c1ccc(S(=O)(=O)N2CCOCC2)cc1. The summed E-state index contributed by atoms with van der Waals surface area (Å²) >= 11 is 0. The minimum Gasteiger partial charge on any atom is -0.481 e. The lowest BCUT2D eigenvalue weighted by Gasteiger charge is -2.29. The first kappa shape index (κ1) is 24.0. The van der Waals surface area contributed by atoms with E-state index in [2.05, 4.69) is 5.32 Å². The average molecular weight is 508 g/mol. The van der Waals surface area contributed by atoms with Crippen LogP contribution in [0.2, 0.25) is 0 Å². The molecule has 2 heterocycles. The number of fused-ring (bicyclic) bond motifs is 1. The van der Waals surface area contributed by atoms with Crippen molar-refractivity contribution in [1.29, 1.82) is 0 Å². The van der Waals surface area contributed by atoms with Crippen molar-refractivity contribution < 1.29 is 27.5 Å². The summed E-state index contributed by atoms with van der Waals surface area (Å²) in [5.74, 6) is -0.0381. The maximum Gasteiger partial charge on any atom is 0.265 e. The minimum absolute atomic E-state index is 0.0870. The highest BCUT2D eigenvalue weighted by Crippen LogP contribution is 2.35. The Labute approximate surface area is 209 Å². The van der Waals surface area contributed by atoms with Crippen LogP contribution in [0.3, 0.4) is 0 Å². The van der Waals surface area contributed by atoms with E-state index in [1.807, 2.05) is 30.3 Å². The summed E-state index contributed by atoms with van der Waals surface area (Å²) in [4.78, 5) is 27.1. The van der Waals surface area contributed by atoms with E-state index in [-0.39, 0.29) is 17.4 Å². The fourth-order valence-electron chi connectivity index (χ4n) is 4.14. The maximum absolute atomic E-state index is 12.8. The fourth-order valence-corrected chi connectivity index (χ4v) is 5.55. The molecule has 0 aliphatic carbocycles. The van der Waals surface area contributed by atoms with Gasteiger partial charge in [-0.05, 0) is 42.0 Å². The summed E-state index contributed by atoms with van der Waals surface area (Å²) in [5, 5.41) is 2.81. The van der Waals surface area contributed by atoms with E-state index in [0.29, 0.717) is 55.5 Å². The number of ether oxygens (including phenoxy) is 2. The summed E-state index contributed by atoms with van der Waals surface area (Å²) < 4.78 is 37.8. The number of sulfonamides is 1. The third-order valence-corrected chi connectivity index (χ3v) is 7.98. The van der Waals surface area contributed by atoms with Gasteiger partial charge in [0, 0.05) is 30.4 Å². The molecule has 0 bridgehead atoms. The number of rotatable bonds is 6. The van der Waals surface area contributed by atoms with E-state index in [1.165, 1.54) is 28.6 Å². The van der Waals surface area contributed by atoms with Crippen molar-refractivity contribution >= 4 is 33.2 Å². The first-order valence-electron chi connectivity index (χ1n) is 11.5. The standard InChI is InChI=1S/C26H25N3O6S/c30-25-18-35-24-16-21(8-11-23(24)29(25)17-19-4-2-1-3-5-19)27-26(31)20-6-9-22(10-7-20)36(32,33)28-12-14-34-15-13-28/h1-11,16H,12-15,17-18H2,(H,27,31). The zero-order chi connectivity index (χ0) is 25.1. The molecule has 1 fully saturated rings. The van der Waals surface area contributed by atoms with Gasteiger partial charge in [0.25, 0.3) is 11.8 Å².